The minimum atomic E-state index is -0.760. The van der Waals surface area contributed by atoms with Crippen molar-refractivity contribution in [3.8, 4) is 0 Å². The maximum Gasteiger partial charge on any atom is 0.326 e. The van der Waals surface area contributed by atoms with Gasteiger partial charge in [-0.25, -0.2) is 0 Å². The maximum atomic E-state index is 12.0. The summed E-state index contributed by atoms with van der Waals surface area (Å²) in [5.41, 5.74) is 0.662. The van der Waals surface area contributed by atoms with Crippen LogP contribution in [0.4, 0.5) is 5.69 Å². The number of carbonyl (C=O) groups excluding carboxylic acids is 4. The number of hydrogen-bond acceptors (Lipinski definition) is 5. The molecule has 0 unspecified atom stereocenters. The normalized spacial score (nSPS) is 22.1. The van der Waals surface area contributed by atoms with Crippen molar-refractivity contribution < 1.29 is 23.9 Å². The molecule has 2 amide bonds. The second kappa shape index (κ2) is 7.68. The molecule has 1 aromatic rings. The van der Waals surface area contributed by atoms with Crippen molar-refractivity contribution in [2.75, 3.05) is 18.1 Å². The Kier molecular flexibility index (Phi) is 5.35. The van der Waals surface area contributed by atoms with E-state index in [2.05, 4.69) is 12.2 Å². The first-order chi connectivity index (χ1) is 12.5. The van der Waals surface area contributed by atoms with Crippen LogP contribution in [0.15, 0.2) is 24.3 Å². The van der Waals surface area contributed by atoms with Crippen LogP contribution < -0.4 is 10.2 Å². The van der Waals surface area contributed by atoms with Crippen LogP contribution in [0.2, 0.25) is 0 Å². The Morgan fingerprint density at radius 1 is 1.15 bits per heavy atom. The second-order valence-electron chi connectivity index (χ2n) is 6.92. The molecule has 0 saturated heterocycles. The zero-order valence-electron chi connectivity index (χ0n) is 14.7. The summed E-state index contributed by atoms with van der Waals surface area (Å²) in [4.78, 5) is 48.9. The molecule has 0 radical (unpaired) electrons. The highest BCUT2D eigenvalue weighted by molar-refractivity contribution is 6.52. The third-order valence-electron chi connectivity index (χ3n) is 4.91. The lowest BCUT2D eigenvalue weighted by Gasteiger charge is -2.26. The number of Topliss-reactive ketones (excluding diaryl/α,β-unsaturated/α-hetero) is 1. The average Bonchev–Trinajstić information content (AvgIpc) is 2.87. The molecule has 1 aliphatic carbocycles. The highest BCUT2D eigenvalue weighted by atomic mass is 16.5. The lowest BCUT2D eigenvalue weighted by Crippen LogP contribution is -2.41. The van der Waals surface area contributed by atoms with Crippen LogP contribution in [-0.4, -0.2) is 42.8 Å². The van der Waals surface area contributed by atoms with E-state index < -0.39 is 24.2 Å². The van der Waals surface area contributed by atoms with Gasteiger partial charge in [0.15, 0.2) is 6.61 Å². The van der Waals surface area contributed by atoms with Crippen LogP contribution in [0.1, 0.15) is 43.0 Å². The molecule has 0 atom stereocenters. The Bertz CT molecular complexity index is 737. The van der Waals surface area contributed by atoms with Gasteiger partial charge >= 0.3 is 5.97 Å². The maximum absolute atomic E-state index is 12.0. The summed E-state index contributed by atoms with van der Waals surface area (Å²) in [6.07, 6.45) is 4.02. The first kappa shape index (κ1) is 18.1. The number of para-hydroxylation sites is 1. The molecule has 138 valence electrons. The zero-order chi connectivity index (χ0) is 18.7. The van der Waals surface area contributed by atoms with E-state index in [0.29, 0.717) is 11.6 Å². The summed E-state index contributed by atoms with van der Waals surface area (Å²) in [5.74, 6) is -1.79. The highest BCUT2D eigenvalue weighted by Crippen LogP contribution is 2.28. The van der Waals surface area contributed by atoms with Gasteiger partial charge in [-0.2, -0.15) is 0 Å². The molecule has 2 aliphatic rings. The number of fused-ring (bicyclic) bond motifs is 1. The number of esters is 1. The smallest absolute Gasteiger partial charge is 0.326 e. The lowest BCUT2D eigenvalue weighted by molar-refractivity contribution is -0.147. The van der Waals surface area contributed by atoms with Gasteiger partial charge in [0.2, 0.25) is 0 Å². The van der Waals surface area contributed by atoms with Crippen molar-refractivity contribution in [1.82, 2.24) is 5.32 Å². The molecule has 1 fully saturated rings. The largest absolute Gasteiger partial charge is 0.454 e. The minimum absolute atomic E-state index is 0.127. The number of nitrogens with one attached hydrogen (secondary N) is 1. The van der Waals surface area contributed by atoms with Crippen molar-refractivity contribution in [2.45, 2.75) is 38.6 Å². The van der Waals surface area contributed by atoms with Gasteiger partial charge in [0.1, 0.15) is 6.54 Å². The number of ketones is 1. The van der Waals surface area contributed by atoms with Crippen LogP contribution in [0, 0.1) is 5.92 Å². The van der Waals surface area contributed by atoms with E-state index >= 15 is 0 Å². The van der Waals surface area contributed by atoms with Gasteiger partial charge in [-0.3, -0.25) is 24.1 Å². The van der Waals surface area contributed by atoms with E-state index in [4.69, 9.17) is 4.74 Å². The number of hydrogen-bond donors (Lipinski definition) is 1. The van der Waals surface area contributed by atoms with Crippen molar-refractivity contribution in [3.63, 3.8) is 0 Å². The van der Waals surface area contributed by atoms with E-state index in [9.17, 15) is 19.2 Å². The van der Waals surface area contributed by atoms with Gasteiger partial charge in [0.25, 0.3) is 17.6 Å². The van der Waals surface area contributed by atoms with Crippen LogP contribution in [0.5, 0.6) is 0 Å². The summed E-state index contributed by atoms with van der Waals surface area (Å²) in [6, 6.07) is 6.60. The Labute approximate surface area is 151 Å². The van der Waals surface area contributed by atoms with Crippen molar-refractivity contribution >= 4 is 29.3 Å². The zero-order valence-corrected chi connectivity index (χ0v) is 14.7. The molecule has 1 aromatic carbocycles. The summed E-state index contributed by atoms with van der Waals surface area (Å²) in [5, 5.41) is 2.87. The monoisotopic (exact) mass is 358 g/mol. The number of nitrogens with zero attached hydrogens (tertiary/aromatic N) is 1. The van der Waals surface area contributed by atoms with Gasteiger partial charge < -0.3 is 10.1 Å². The predicted octanol–water partition coefficient (Wildman–Crippen LogP) is 1.45. The molecule has 1 aliphatic heterocycles. The van der Waals surface area contributed by atoms with Gasteiger partial charge in [0, 0.05) is 6.04 Å². The van der Waals surface area contributed by atoms with Crippen LogP contribution >= 0.6 is 0 Å². The first-order valence-corrected chi connectivity index (χ1v) is 8.86. The van der Waals surface area contributed by atoms with E-state index in [-0.39, 0.29) is 24.1 Å². The molecule has 1 heterocycles. The predicted molar refractivity (Wildman–Crippen MR) is 93.6 cm³/mol. The molecule has 0 bridgehead atoms. The van der Waals surface area contributed by atoms with Crippen LogP contribution in [0.25, 0.3) is 0 Å². The molecule has 0 spiro atoms. The van der Waals surface area contributed by atoms with Gasteiger partial charge in [0.05, 0.1) is 11.3 Å². The summed E-state index contributed by atoms with van der Waals surface area (Å²) < 4.78 is 4.97. The Morgan fingerprint density at radius 2 is 1.85 bits per heavy atom. The fourth-order valence-electron chi connectivity index (χ4n) is 3.40. The second-order valence-corrected chi connectivity index (χ2v) is 6.92. The molecule has 0 aromatic heterocycles. The van der Waals surface area contributed by atoms with E-state index in [1.54, 1.807) is 24.3 Å². The fourth-order valence-corrected chi connectivity index (χ4v) is 3.40. The molecular weight excluding hydrogens is 336 g/mol. The number of benzene rings is 1. The third kappa shape index (κ3) is 3.92. The van der Waals surface area contributed by atoms with Crippen molar-refractivity contribution in [1.29, 1.82) is 0 Å². The van der Waals surface area contributed by atoms with E-state index in [1.165, 1.54) is 0 Å². The first-order valence-electron chi connectivity index (χ1n) is 8.86. The molecule has 7 nitrogen and oxygen atoms in total. The molecule has 3 rings (SSSR count). The van der Waals surface area contributed by atoms with Gasteiger partial charge in [-0.05, 0) is 43.7 Å². The molecule has 1 N–H and O–H groups in total. The van der Waals surface area contributed by atoms with E-state index in [0.717, 1.165) is 30.6 Å². The Balaban J connectivity index is 1.48. The van der Waals surface area contributed by atoms with Crippen LogP contribution in [0.3, 0.4) is 0 Å². The molecule has 1 saturated carbocycles. The molecule has 7 heteroatoms. The quantitative estimate of drug-likeness (QED) is 0.635. The van der Waals surface area contributed by atoms with E-state index in [1.807, 2.05) is 0 Å². The number of amides is 2. The fraction of sp³-hybridized carbons (Fsp3) is 0.474. The van der Waals surface area contributed by atoms with Crippen molar-refractivity contribution in [3.05, 3.63) is 29.8 Å². The van der Waals surface area contributed by atoms with Crippen LogP contribution in [-0.2, 0) is 19.1 Å². The minimum Gasteiger partial charge on any atom is -0.454 e. The number of carbonyl (C=O) groups is 4. The summed E-state index contributed by atoms with van der Waals surface area (Å²) in [7, 11) is 0. The topological polar surface area (TPSA) is 92.8 Å². The van der Waals surface area contributed by atoms with Gasteiger partial charge in [-0.1, -0.05) is 19.1 Å². The van der Waals surface area contributed by atoms with Gasteiger partial charge in [-0.15, -0.1) is 0 Å². The molecule has 26 heavy (non-hydrogen) atoms. The third-order valence-corrected chi connectivity index (χ3v) is 4.91. The Hall–Kier alpha value is -2.70. The Morgan fingerprint density at radius 3 is 2.58 bits per heavy atom. The highest BCUT2D eigenvalue weighted by Gasteiger charge is 2.36. The standard InChI is InChI=1S/C19H22N2O5/c1-12-6-8-13(9-7-12)20-16(22)11-26-17(23)10-21-15-5-3-2-4-14(15)18(24)19(21)25/h2-5,12-13H,6-11H2,1H3,(H,20,22). The lowest BCUT2D eigenvalue weighted by atomic mass is 9.87. The molecular formula is C19H22N2O5. The number of anilines is 1. The number of ether oxygens (including phenoxy) is 1. The van der Waals surface area contributed by atoms with Crippen molar-refractivity contribution in [2.24, 2.45) is 5.92 Å². The number of rotatable bonds is 5. The summed E-state index contributed by atoms with van der Waals surface area (Å²) in [6.45, 7) is 1.42. The SMILES string of the molecule is CC1CCC(NC(=O)COC(=O)CN2C(=O)C(=O)c3ccccc32)CC1. The average molecular weight is 358 g/mol. The summed E-state index contributed by atoms with van der Waals surface area (Å²) >= 11 is 0.